The molecule has 1 aromatic rings. The smallest absolute Gasteiger partial charge is 0.151 e. The first kappa shape index (κ1) is 11.9. The molecular formula is C14H22N4. The van der Waals surface area contributed by atoms with E-state index in [-0.39, 0.29) is 0 Å². The standard InChI is InChI=1S/C14H22N4/c1-11-7-14(17-16-8-11)18(13-4-5-13)10-12-3-2-6-15-9-12/h7-8,12-13,15H,2-6,9-10H2,1H3. The van der Waals surface area contributed by atoms with Gasteiger partial charge in [-0.2, -0.15) is 5.10 Å². The monoisotopic (exact) mass is 246 g/mol. The minimum atomic E-state index is 0.711. The molecule has 0 spiro atoms. The zero-order valence-corrected chi connectivity index (χ0v) is 11.1. The zero-order valence-electron chi connectivity index (χ0n) is 11.1. The molecule has 2 heterocycles. The van der Waals surface area contributed by atoms with Crippen LogP contribution in [0, 0.1) is 12.8 Å². The number of piperidine rings is 1. The average molecular weight is 246 g/mol. The van der Waals surface area contributed by atoms with Crippen LogP contribution in [0.1, 0.15) is 31.2 Å². The Morgan fingerprint density at radius 2 is 2.28 bits per heavy atom. The van der Waals surface area contributed by atoms with E-state index < -0.39 is 0 Å². The van der Waals surface area contributed by atoms with Crippen molar-refractivity contribution in [2.24, 2.45) is 5.92 Å². The normalized spacial score (nSPS) is 23.9. The molecule has 4 nitrogen and oxygen atoms in total. The lowest BCUT2D eigenvalue weighted by Gasteiger charge is -2.30. The van der Waals surface area contributed by atoms with Crippen LogP contribution in [0.25, 0.3) is 0 Å². The Balaban J connectivity index is 1.71. The molecule has 0 bridgehead atoms. The Bertz CT molecular complexity index is 397. The van der Waals surface area contributed by atoms with Gasteiger partial charge in [0, 0.05) is 12.6 Å². The Morgan fingerprint density at radius 1 is 1.39 bits per heavy atom. The van der Waals surface area contributed by atoms with Crippen molar-refractivity contribution in [3.05, 3.63) is 17.8 Å². The van der Waals surface area contributed by atoms with Crippen molar-refractivity contribution >= 4 is 5.82 Å². The molecule has 18 heavy (non-hydrogen) atoms. The SMILES string of the molecule is Cc1cnnc(N(CC2CCCNC2)C2CC2)c1. The molecule has 0 amide bonds. The molecule has 1 atom stereocenters. The molecule has 1 unspecified atom stereocenters. The van der Waals surface area contributed by atoms with Crippen LogP contribution in [0.5, 0.6) is 0 Å². The van der Waals surface area contributed by atoms with Gasteiger partial charge in [0.1, 0.15) is 0 Å². The second-order valence-corrected chi connectivity index (χ2v) is 5.69. The van der Waals surface area contributed by atoms with E-state index in [0.717, 1.165) is 24.8 Å². The minimum Gasteiger partial charge on any atom is -0.352 e. The number of anilines is 1. The van der Waals surface area contributed by atoms with E-state index in [1.165, 1.54) is 37.8 Å². The number of nitrogens with one attached hydrogen (secondary N) is 1. The predicted octanol–water partition coefficient (Wildman–Crippen LogP) is 1.75. The third-order valence-corrected chi connectivity index (χ3v) is 3.91. The highest BCUT2D eigenvalue weighted by atomic mass is 15.3. The van der Waals surface area contributed by atoms with E-state index in [1.807, 2.05) is 6.20 Å². The summed E-state index contributed by atoms with van der Waals surface area (Å²) in [6, 6.07) is 2.88. The first-order chi connectivity index (χ1) is 8.83. The number of nitrogens with zero attached hydrogens (tertiary/aromatic N) is 3. The van der Waals surface area contributed by atoms with Crippen LogP contribution < -0.4 is 10.2 Å². The molecule has 1 N–H and O–H groups in total. The summed E-state index contributed by atoms with van der Waals surface area (Å²) < 4.78 is 0. The highest BCUT2D eigenvalue weighted by molar-refractivity contribution is 5.42. The van der Waals surface area contributed by atoms with Crippen molar-refractivity contribution in [3.63, 3.8) is 0 Å². The van der Waals surface area contributed by atoms with Crippen LogP contribution in [-0.2, 0) is 0 Å². The van der Waals surface area contributed by atoms with E-state index in [0.29, 0.717) is 6.04 Å². The lowest BCUT2D eigenvalue weighted by molar-refractivity contribution is 0.375. The molecule has 1 aliphatic carbocycles. The Hall–Kier alpha value is -1.16. The summed E-state index contributed by atoms with van der Waals surface area (Å²) in [6.45, 7) is 5.56. The number of aromatic nitrogens is 2. The maximum atomic E-state index is 4.32. The highest BCUT2D eigenvalue weighted by Crippen LogP contribution is 2.32. The molecule has 3 rings (SSSR count). The molecule has 0 radical (unpaired) electrons. The second-order valence-electron chi connectivity index (χ2n) is 5.69. The van der Waals surface area contributed by atoms with Crippen LogP contribution >= 0.6 is 0 Å². The highest BCUT2D eigenvalue weighted by Gasteiger charge is 2.32. The van der Waals surface area contributed by atoms with Gasteiger partial charge in [-0.25, -0.2) is 0 Å². The fourth-order valence-electron chi connectivity index (χ4n) is 2.76. The zero-order chi connectivity index (χ0) is 12.4. The van der Waals surface area contributed by atoms with E-state index in [1.54, 1.807) is 0 Å². The summed E-state index contributed by atoms with van der Waals surface area (Å²) in [5.41, 5.74) is 1.20. The number of aryl methyl sites for hydroxylation is 1. The molecule has 1 aliphatic heterocycles. The summed E-state index contributed by atoms with van der Waals surface area (Å²) in [7, 11) is 0. The van der Waals surface area contributed by atoms with Gasteiger partial charge in [-0.15, -0.1) is 5.10 Å². The largest absolute Gasteiger partial charge is 0.352 e. The van der Waals surface area contributed by atoms with Crippen LogP contribution in [0.15, 0.2) is 12.3 Å². The van der Waals surface area contributed by atoms with Gasteiger partial charge < -0.3 is 10.2 Å². The van der Waals surface area contributed by atoms with Gasteiger partial charge in [-0.1, -0.05) is 0 Å². The summed E-state index contributed by atoms with van der Waals surface area (Å²) >= 11 is 0. The molecule has 0 aromatic carbocycles. The molecule has 1 saturated carbocycles. The lowest BCUT2D eigenvalue weighted by Crippen LogP contribution is -2.39. The second kappa shape index (κ2) is 5.22. The van der Waals surface area contributed by atoms with Crippen molar-refractivity contribution in [3.8, 4) is 0 Å². The molecule has 1 saturated heterocycles. The summed E-state index contributed by atoms with van der Waals surface area (Å²) in [6.07, 6.45) is 7.11. The van der Waals surface area contributed by atoms with Gasteiger partial charge in [-0.3, -0.25) is 0 Å². The fourth-order valence-corrected chi connectivity index (χ4v) is 2.76. The Kier molecular flexibility index (Phi) is 3.46. The van der Waals surface area contributed by atoms with E-state index in [4.69, 9.17) is 0 Å². The Morgan fingerprint density at radius 3 is 2.94 bits per heavy atom. The van der Waals surface area contributed by atoms with Gasteiger partial charge >= 0.3 is 0 Å². The van der Waals surface area contributed by atoms with E-state index in [2.05, 4.69) is 33.4 Å². The van der Waals surface area contributed by atoms with Crippen LogP contribution in [0.2, 0.25) is 0 Å². The van der Waals surface area contributed by atoms with Gasteiger partial charge in [0.25, 0.3) is 0 Å². The first-order valence-electron chi connectivity index (χ1n) is 7.09. The third kappa shape index (κ3) is 2.80. The number of rotatable bonds is 4. The van der Waals surface area contributed by atoms with Gasteiger partial charge in [-0.05, 0) is 63.2 Å². The van der Waals surface area contributed by atoms with Crippen molar-refractivity contribution in [1.82, 2.24) is 15.5 Å². The predicted molar refractivity (Wildman–Crippen MR) is 72.7 cm³/mol. The number of hydrogen-bond donors (Lipinski definition) is 1. The fraction of sp³-hybridized carbons (Fsp3) is 0.714. The summed E-state index contributed by atoms with van der Waals surface area (Å²) in [5, 5.41) is 11.9. The minimum absolute atomic E-state index is 0.711. The third-order valence-electron chi connectivity index (χ3n) is 3.91. The molecule has 2 fully saturated rings. The van der Waals surface area contributed by atoms with Gasteiger partial charge in [0.05, 0.1) is 6.20 Å². The van der Waals surface area contributed by atoms with Crippen molar-refractivity contribution in [2.75, 3.05) is 24.5 Å². The first-order valence-corrected chi connectivity index (χ1v) is 7.09. The van der Waals surface area contributed by atoms with E-state index >= 15 is 0 Å². The quantitative estimate of drug-likeness (QED) is 0.879. The van der Waals surface area contributed by atoms with E-state index in [9.17, 15) is 0 Å². The van der Waals surface area contributed by atoms with Crippen LogP contribution in [-0.4, -0.2) is 35.9 Å². The lowest BCUT2D eigenvalue weighted by atomic mass is 9.99. The molecule has 1 aromatic heterocycles. The molecule has 2 aliphatic rings. The Labute approximate surface area is 109 Å². The van der Waals surface area contributed by atoms with Crippen LogP contribution in [0.3, 0.4) is 0 Å². The topological polar surface area (TPSA) is 41.1 Å². The molecule has 4 heteroatoms. The summed E-state index contributed by atoms with van der Waals surface area (Å²) in [5.74, 6) is 1.84. The van der Waals surface area contributed by atoms with Crippen molar-refractivity contribution in [1.29, 1.82) is 0 Å². The van der Waals surface area contributed by atoms with Gasteiger partial charge in [0.2, 0.25) is 0 Å². The van der Waals surface area contributed by atoms with Crippen molar-refractivity contribution in [2.45, 2.75) is 38.6 Å². The van der Waals surface area contributed by atoms with Gasteiger partial charge in [0.15, 0.2) is 5.82 Å². The van der Waals surface area contributed by atoms with Crippen LogP contribution in [0.4, 0.5) is 5.82 Å². The molecule has 98 valence electrons. The summed E-state index contributed by atoms with van der Waals surface area (Å²) in [4.78, 5) is 2.48. The maximum Gasteiger partial charge on any atom is 0.151 e. The van der Waals surface area contributed by atoms with Crippen molar-refractivity contribution < 1.29 is 0 Å². The molecular weight excluding hydrogens is 224 g/mol. The average Bonchev–Trinajstić information content (AvgIpc) is 3.21. The number of hydrogen-bond acceptors (Lipinski definition) is 4. The maximum absolute atomic E-state index is 4.32.